The fraction of sp³-hybridized carbons (Fsp3) is 0.143. The van der Waals surface area contributed by atoms with Crippen molar-refractivity contribution in [3.63, 3.8) is 0 Å². The third kappa shape index (κ3) is 2.33. The fourth-order valence-corrected chi connectivity index (χ4v) is 0.611. The molecule has 1 heterocycles. The molecule has 2 nitrogen and oxygen atoms in total. The number of aliphatic hydroxyl groups is 1. The van der Waals surface area contributed by atoms with Crippen LogP contribution in [-0.2, 0) is 0 Å². The number of hydrogen-bond donors (Lipinski definition) is 1. The predicted octanol–water partition coefficient (Wildman–Crippen LogP) is -2.70. The second kappa shape index (κ2) is 4.25. The Bertz CT molecular complexity index is 176. The molecule has 55 valence electrons. The highest BCUT2D eigenvalue weighted by molar-refractivity contribution is 4.83. The van der Waals surface area contributed by atoms with Crippen LogP contribution < -0.4 is 17.0 Å². The molecule has 0 amide bonds. The molecule has 1 radical (unpaired) electrons. The van der Waals surface area contributed by atoms with E-state index in [9.17, 15) is 0 Å². The van der Waals surface area contributed by atoms with Crippen molar-refractivity contribution in [2.75, 3.05) is 0 Å². The molecule has 3 heteroatoms. The van der Waals surface area contributed by atoms with Crippen molar-refractivity contribution in [1.29, 1.82) is 0 Å². The van der Waals surface area contributed by atoms with Gasteiger partial charge in [0.15, 0.2) is 12.4 Å². The van der Waals surface area contributed by atoms with Gasteiger partial charge in [-0.25, -0.2) is 0 Å². The average Bonchev–Trinajstić information content (AvgIpc) is 1.90. The Balaban J connectivity index is 0.000000810. The molecule has 1 N–H and O–H groups in total. The third-order valence-electron chi connectivity index (χ3n) is 1.08. The van der Waals surface area contributed by atoms with E-state index in [-0.39, 0.29) is 12.4 Å². The van der Waals surface area contributed by atoms with E-state index in [1.807, 2.05) is 18.2 Å². The minimum absolute atomic E-state index is 0. The highest BCUT2D eigenvalue weighted by atomic mass is 35.5. The molecule has 0 fully saturated rings. The molecule has 0 aromatic carbocycles. The lowest BCUT2D eigenvalue weighted by molar-refractivity contribution is -0.748. The fourth-order valence-electron chi connectivity index (χ4n) is 0.611. The van der Waals surface area contributed by atoms with E-state index in [2.05, 4.69) is 6.92 Å². The Morgan fingerprint density at radius 2 is 1.70 bits per heavy atom. The van der Waals surface area contributed by atoms with Crippen molar-refractivity contribution in [2.24, 2.45) is 0 Å². The summed E-state index contributed by atoms with van der Waals surface area (Å²) >= 11 is 0. The van der Waals surface area contributed by atoms with Crippen LogP contribution in [0.2, 0.25) is 0 Å². The second-order valence-corrected chi connectivity index (χ2v) is 1.80. The van der Waals surface area contributed by atoms with Crippen LogP contribution in [0.4, 0.5) is 0 Å². The van der Waals surface area contributed by atoms with E-state index in [0.717, 1.165) is 0 Å². The Hall–Kier alpha value is -0.600. The van der Waals surface area contributed by atoms with Crippen molar-refractivity contribution in [1.82, 2.24) is 0 Å². The topological polar surface area (TPSA) is 24.1 Å². The number of rotatable bonds is 1. The lowest BCUT2D eigenvalue weighted by atomic mass is 10.5. The van der Waals surface area contributed by atoms with Gasteiger partial charge in [-0.15, -0.1) is 0 Å². The maximum Gasteiger partial charge on any atom is 0.260 e. The Morgan fingerprint density at radius 3 is 2.00 bits per heavy atom. The van der Waals surface area contributed by atoms with Crippen LogP contribution >= 0.6 is 0 Å². The van der Waals surface area contributed by atoms with Crippen molar-refractivity contribution in [2.45, 2.75) is 6.23 Å². The Labute approximate surface area is 66.5 Å². The first-order valence-corrected chi connectivity index (χ1v) is 2.77. The molecule has 0 spiro atoms. The quantitative estimate of drug-likeness (QED) is 0.442. The zero-order valence-electron chi connectivity index (χ0n) is 5.44. The van der Waals surface area contributed by atoms with Crippen molar-refractivity contribution >= 4 is 0 Å². The van der Waals surface area contributed by atoms with Gasteiger partial charge in [-0.05, 0) is 0 Å². The molecule has 10 heavy (non-hydrogen) atoms. The largest absolute Gasteiger partial charge is 1.00 e. The molecule has 1 aromatic heterocycles. The van der Waals surface area contributed by atoms with E-state index in [0.29, 0.717) is 0 Å². The molecule has 1 rings (SSSR count). The van der Waals surface area contributed by atoms with Gasteiger partial charge in [0, 0.05) is 19.1 Å². The molecule has 0 saturated carbocycles. The molecule has 1 atom stereocenters. The highest BCUT2D eigenvalue weighted by Gasteiger charge is 2.02. The van der Waals surface area contributed by atoms with Gasteiger partial charge in [0.2, 0.25) is 0 Å². The van der Waals surface area contributed by atoms with E-state index in [1.165, 1.54) is 0 Å². The van der Waals surface area contributed by atoms with Crippen LogP contribution in [0.3, 0.4) is 0 Å². The first-order valence-electron chi connectivity index (χ1n) is 2.77. The molecule has 0 bridgehead atoms. The van der Waals surface area contributed by atoms with E-state index >= 15 is 0 Å². The van der Waals surface area contributed by atoms with Crippen LogP contribution in [0, 0.1) is 6.92 Å². The van der Waals surface area contributed by atoms with Gasteiger partial charge >= 0.3 is 0 Å². The highest BCUT2D eigenvalue weighted by Crippen LogP contribution is 1.84. The summed E-state index contributed by atoms with van der Waals surface area (Å²) in [6, 6.07) is 5.57. The zero-order valence-corrected chi connectivity index (χ0v) is 6.20. The summed E-state index contributed by atoms with van der Waals surface area (Å²) < 4.78 is 1.61. The molecule has 0 aliphatic heterocycles. The summed E-state index contributed by atoms with van der Waals surface area (Å²) in [4.78, 5) is 0. The maximum atomic E-state index is 8.88. The van der Waals surface area contributed by atoms with Gasteiger partial charge < -0.3 is 17.5 Å². The van der Waals surface area contributed by atoms with Crippen molar-refractivity contribution in [3.8, 4) is 0 Å². The SMILES string of the molecule is [CH2]C(O)[n+]1ccccc1.[Cl-]. The monoisotopic (exact) mass is 158 g/mol. The number of nitrogens with zero attached hydrogens (tertiary/aromatic N) is 1. The number of pyridine rings is 1. The van der Waals surface area contributed by atoms with E-state index in [4.69, 9.17) is 5.11 Å². The third-order valence-corrected chi connectivity index (χ3v) is 1.08. The van der Waals surface area contributed by atoms with Gasteiger partial charge in [-0.3, -0.25) is 0 Å². The lowest BCUT2D eigenvalue weighted by Gasteiger charge is -1.94. The second-order valence-electron chi connectivity index (χ2n) is 1.80. The molecule has 0 aliphatic carbocycles. The number of aliphatic hydroxyl groups excluding tert-OH is 1. The average molecular weight is 159 g/mol. The predicted molar refractivity (Wildman–Crippen MR) is 33.2 cm³/mol. The summed E-state index contributed by atoms with van der Waals surface area (Å²) in [7, 11) is 0. The summed E-state index contributed by atoms with van der Waals surface area (Å²) in [6.07, 6.45) is 2.85. The molecular weight excluding hydrogens is 150 g/mol. The summed E-state index contributed by atoms with van der Waals surface area (Å²) in [5, 5.41) is 8.88. The normalized spacial score (nSPS) is 11.8. The van der Waals surface area contributed by atoms with Gasteiger partial charge in [-0.2, -0.15) is 4.57 Å². The van der Waals surface area contributed by atoms with Crippen molar-refractivity contribution < 1.29 is 22.1 Å². The Morgan fingerprint density at radius 1 is 1.20 bits per heavy atom. The maximum absolute atomic E-state index is 8.88. The smallest absolute Gasteiger partial charge is 0.260 e. The van der Waals surface area contributed by atoms with Gasteiger partial charge in [0.25, 0.3) is 6.23 Å². The van der Waals surface area contributed by atoms with Crippen LogP contribution in [0.15, 0.2) is 30.6 Å². The molecule has 0 saturated heterocycles. The summed E-state index contributed by atoms with van der Waals surface area (Å²) in [5.41, 5.74) is 0. The van der Waals surface area contributed by atoms with Crippen LogP contribution in [0.25, 0.3) is 0 Å². The number of hydrogen-bond acceptors (Lipinski definition) is 1. The Kier molecular flexibility index (Phi) is 4.00. The van der Waals surface area contributed by atoms with Gasteiger partial charge in [0.05, 0.1) is 0 Å². The van der Waals surface area contributed by atoms with Gasteiger partial charge in [-0.1, -0.05) is 6.07 Å². The first kappa shape index (κ1) is 9.40. The molecule has 0 aliphatic rings. The van der Waals surface area contributed by atoms with Crippen molar-refractivity contribution in [3.05, 3.63) is 37.5 Å². The number of halogens is 1. The summed E-state index contributed by atoms with van der Waals surface area (Å²) in [5.74, 6) is 0. The molecule has 1 unspecified atom stereocenters. The van der Waals surface area contributed by atoms with E-state index < -0.39 is 6.23 Å². The number of aromatic nitrogens is 1. The van der Waals surface area contributed by atoms with Crippen LogP contribution in [0.5, 0.6) is 0 Å². The van der Waals surface area contributed by atoms with Crippen LogP contribution in [0.1, 0.15) is 6.23 Å². The summed E-state index contributed by atoms with van der Waals surface area (Å²) in [6.45, 7) is 3.43. The molecular formula is C7H9ClNO. The minimum Gasteiger partial charge on any atom is -1.00 e. The minimum atomic E-state index is -0.675. The zero-order chi connectivity index (χ0) is 6.69. The van der Waals surface area contributed by atoms with Gasteiger partial charge in [0.1, 0.15) is 0 Å². The first-order chi connectivity index (χ1) is 4.30. The van der Waals surface area contributed by atoms with E-state index in [1.54, 1.807) is 17.0 Å². The standard InChI is InChI=1S/C7H9NO.ClH/c1-7(9)8-5-3-2-4-6-8;/h2-7,9H,1H2;1H/q+1;/p-1. The lowest BCUT2D eigenvalue weighted by Crippen LogP contribution is -3.00. The molecule has 1 aromatic rings. The van der Waals surface area contributed by atoms with Crippen LogP contribution in [-0.4, -0.2) is 5.11 Å².